The molecule has 0 N–H and O–H groups in total. The molecule has 2 saturated heterocycles. The summed E-state index contributed by atoms with van der Waals surface area (Å²) in [4.78, 5) is 119. The van der Waals surface area contributed by atoms with E-state index in [1.54, 1.807) is 28.2 Å². The second kappa shape index (κ2) is 32.0. The molecule has 492 valence electrons. The molecular weight excluding hydrogens is 1280 g/mol. The molecule has 12 rings (SSSR count). The van der Waals surface area contributed by atoms with Crippen molar-refractivity contribution in [3.63, 3.8) is 0 Å². The summed E-state index contributed by atoms with van der Waals surface area (Å²) in [5.41, 5.74) is -2.75. The van der Waals surface area contributed by atoms with E-state index < -0.39 is 89.6 Å². The molecule has 10 aromatic rings. The van der Waals surface area contributed by atoms with E-state index in [1.165, 1.54) is 56.9 Å². The van der Waals surface area contributed by atoms with Crippen LogP contribution in [0.25, 0.3) is 0 Å². The highest BCUT2D eigenvalue weighted by Gasteiger charge is 2.53. The third-order valence-corrected chi connectivity index (χ3v) is 27.4. The highest BCUT2D eigenvalue weighted by atomic mass is 31.1. The van der Waals surface area contributed by atoms with Crippen molar-refractivity contribution < 1.29 is 19.2 Å². The van der Waals surface area contributed by atoms with Gasteiger partial charge >= 0.3 is 23.4 Å². The SMILES string of the molecule is CC.CC.CN1C(=O)C(P(c2ccccc2)c2ccccc2)[C@H](c2c(P(c3ccccc3)c3ccccc3)c(=O)n(C)c(=O)n2C)N(C)C1=O.CN1C(=O)[C@H](P(c2ccccc2)c2ccccc2)[C@@H](c2c(P(c3ccccc3)c3ccccc3)c(=O)n(C)c(=O)n2C)N(C)C1=O. The monoisotopic (exact) mass is 1360 g/mol. The lowest BCUT2D eigenvalue weighted by molar-refractivity contribution is -0.131. The van der Waals surface area contributed by atoms with Crippen LogP contribution in [0.2, 0.25) is 0 Å². The molecule has 0 spiro atoms. The van der Waals surface area contributed by atoms with Crippen LogP contribution in [-0.2, 0) is 37.8 Å². The zero-order valence-corrected chi connectivity index (χ0v) is 59.6. The Morgan fingerprint density at radius 1 is 0.271 bits per heavy atom. The predicted octanol–water partition coefficient (Wildman–Crippen LogP) is 7.87. The van der Waals surface area contributed by atoms with Gasteiger partial charge in [0.25, 0.3) is 11.1 Å². The Morgan fingerprint density at radius 3 is 0.677 bits per heavy atom. The topological polar surface area (TPSA) is 169 Å². The van der Waals surface area contributed by atoms with Crippen LogP contribution >= 0.6 is 31.7 Å². The minimum atomic E-state index is -1.51. The lowest BCUT2D eigenvalue weighted by Crippen LogP contribution is -2.61. The molecule has 0 bridgehead atoms. The average Bonchev–Trinajstić information content (AvgIpc) is 0.730. The smallest absolute Gasteiger partial charge is 0.318 e. The normalized spacial score (nSPS) is 16.2. The largest absolute Gasteiger partial charge is 0.330 e. The van der Waals surface area contributed by atoms with E-state index in [2.05, 4.69) is 0 Å². The Kier molecular flexibility index (Phi) is 23.7. The Bertz CT molecular complexity index is 4140. The first-order valence-electron chi connectivity index (χ1n) is 31.7. The average molecular weight is 1360 g/mol. The Hall–Kier alpha value is -9.28. The van der Waals surface area contributed by atoms with E-state index in [-0.39, 0.29) is 11.8 Å². The molecule has 0 aliphatic carbocycles. The van der Waals surface area contributed by atoms with Gasteiger partial charge in [0, 0.05) is 56.4 Å². The summed E-state index contributed by atoms with van der Waals surface area (Å²) >= 11 is 0. The van der Waals surface area contributed by atoms with Crippen molar-refractivity contribution in [3.8, 4) is 0 Å². The molecule has 4 heterocycles. The van der Waals surface area contributed by atoms with E-state index in [0.717, 1.165) is 51.6 Å². The van der Waals surface area contributed by atoms with E-state index in [0.29, 0.717) is 22.0 Å². The number of amides is 6. The fourth-order valence-electron chi connectivity index (χ4n) is 12.4. The van der Waals surface area contributed by atoms with E-state index >= 15 is 0 Å². The third kappa shape index (κ3) is 13.9. The molecule has 8 aromatic carbocycles. The summed E-state index contributed by atoms with van der Waals surface area (Å²) in [5, 5.41) is 8.30. The fourth-order valence-corrected chi connectivity index (χ4v) is 23.5. The Balaban J connectivity index is 0.000000214. The van der Waals surface area contributed by atoms with Crippen molar-refractivity contribution in [2.45, 2.75) is 51.1 Å². The van der Waals surface area contributed by atoms with Crippen molar-refractivity contribution in [2.24, 2.45) is 28.2 Å². The first-order chi connectivity index (χ1) is 46.4. The van der Waals surface area contributed by atoms with Crippen LogP contribution in [0.1, 0.15) is 51.2 Å². The van der Waals surface area contributed by atoms with E-state index in [1.807, 2.05) is 270 Å². The van der Waals surface area contributed by atoms with Crippen LogP contribution in [-0.4, -0.2) is 101 Å². The zero-order chi connectivity index (χ0) is 69.1. The number of aromatic nitrogens is 4. The number of hydrogen-bond acceptors (Lipinski definition) is 8. The lowest BCUT2D eigenvalue weighted by atomic mass is 10.0. The zero-order valence-electron chi connectivity index (χ0n) is 56.0. The standard InChI is InChI=1S/2C36H34N4O4P2.2C2H6/c2*1-37-29(31(33(41)39(3)35(37)43)45(25-17-9-5-10-18-25)26-19-11-6-12-20-26)30-32(34(42)40(4)36(44)38(30)2)46(27-21-13-7-14-22-27)28-23-15-8-16-24-28;2*1-2/h2*5-24,29,31H,1-4H3;2*1-2H3/t29-,31?;29-,31-;;/m01../s1. The van der Waals surface area contributed by atoms with Crippen LogP contribution in [0.15, 0.2) is 262 Å². The lowest BCUT2D eigenvalue weighted by Gasteiger charge is -2.46. The minimum Gasteiger partial charge on any atom is -0.318 e. The van der Waals surface area contributed by atoms with Gasteiger partial charge in [-0.05, 0) is 74.1 Å². The van der Waals surface area contributed by atoms with Gasteiger partial charge in [-0.2, -0.15) is 0 Å². The number of rotatable bonds is 14. The van der Waals surface area contributed by atoms with Crippen molar-refractivity contribution in [2.75, 3.05) is 28.2 Å². The van der Waals surface area contributed by atoms with Gasteiger partial charge in [0.2, 0.25) is 11.8 Å². The minimum absolute atomic E-state index is 0.352. The van der Waals surface area contributed by atoms with Gasteiger partial charge in [-0.1, -0.05) is 270 Å². The number of carbonyl (C=O) groups is 4. The number of hydrogen-bond donors (Lipinski definition) is 0. The van der Waals surface area contributed by atoms with Gasteiger partial charge in [-0.3, -0.25) is 47.2 Å². The molecule has 2 aromatic heterocycles. The molecule has 16 nitrogen and oxygen atoms in total. The molecule has 2 aliphatic heterocycles. The van der Waals surface area contributed by atoms with Crippen molar-refractivity contribution in [1.29, 1.82) is 0 Å². The molecule has 0 radical (unpaired) electrons. The molecule has 4 atom stereocenters. The second-order valence-corrected chi connectivity index (χ2v) is 31.3. The van der Waals surface area contributed by atoms with Crippen molar-refractivity contribution in [3.05, 3.63) is 296 Å². The summed E-state index contributed by atoms with van der Waals surface area (Å²) in [5.74, 6) is -0.704. The molecule has 96 heavy (non-hydrogen) atoms. The molecule has 2 aliphatic rings. The number of benzene rings is 8. The third-order valence-electron chi connectivity index (χ3n) is 16.9. The summed E-state index contributed by atoms with van der Waals surface area (Å²) in [6.45, 7) is 8.00. The number of imide groups is 2. The summed E-state index contributed by atoms with van der Waals surface area (Å²) in [7, 11) is 6.67. The number of carbonyl (C=O) groups excluding carboxylic acids is 4. The van der Waals surface area contributed by atoms with Crippen molar-refractivity contribution in [1.82, 2.24) is 37.9 Å². The van der Waals surface area contributed by atoms with Crippen LogP contribution in [0.3, 0.4) is 0 Å². The maximum atomic E-state index is 14.6. The second-order valence-electron chi connectivity index (χ2n) is 22.3. The number of urea groups is 2. The van der Waals surface area contributed by atoms with Crippen LogP contribution < -0.4 is 75.5 Å². The Morgan fingerprint density at radius 2 is 0.469 bits per heavy atom. The van der Waals surface area contributed by atoms with Gasteiger partial charge in [-0.25, -0.2) is 19.2 Å². The first kappa shape index (κ1) is 71.0. The predicted molar refractivity (Wildman–Crippen MR) is 397 cm³/mol. The molecule has 1 unspecified atom stereocenters. The summed E-state index contributed by atoms with van der Waals surface area (Å²) < 4.78 is 5.21. The van der Waals surface area contributed by atoms with Crippen LogP contribution in [0.4, 0.5) is 9.59 Å². The van der Waals surface area contributed by atoms with Gasteiger partial charge in [-0.15, -0.1) is 0 Å². The van der Waals surface area contributed by atoms with Gasteiger partial charge in [0.05, 0.1) is 45.4 Å². The fraction of sp³-hybridized carbons (Fsp3) is 0.211. The van der Waals surface area contributed by atoms with Gasteiger partial charge in [0.1, 0.15) is 0 Å². The molecule has 6 amide bonds. The van der Waals surface area contributed by atoms with Gasteiger partial charge < -0.3 is 9.80 Å². The Labute approximate surface area is 565 Å². The maximum absolute atomic E-state index is 14.6. The molecule has 0 saturated carbocycles. The summed E-state index contributed by atoms with van der Waals surface area (Å²) in [6.07, 6.45) is 0. The molecule has 20 heteroatoms. The highest BCUT2D eigenvalue weighted by Crippen LogP contribution is 2.52. The quantitative estimate of drug-likeness (QED) is 0.0992. The highest BCUT2D eigenvalue weighted by molar-refractivity contribution is 7.80. The van der Waals surface area contributed by atoms with Crippen LogP contribution in [0.5, 0.6) is 0 Å². The van der Waals surface area contributed by atoms with E-state index in [9.17, 15) is 38.4 Å². The summed E-state index contributed by atoms with van der Waals surface area (Å²) in [6, 6.07) is 75.5. The van der Waals surface area contributed by atoms with E-state index in [4.69, 9.17) is 0 Å². The van der Waals surface area contributed by atoms with Crippen LogP contribution in [0, 0.1) is 0 Å². The molecular formula is C76H80N8O8P4. The molecule has 2 fully saturated rings. The first-order valence-corrected chi connectivity index (χ1v) is 37.2. The van der Waals surface area contributed by atoms with Crippen molar-refractivity contribution >= 4 is 109 Å². The van der Waals surface area contributed by atoms with Gasteiger partial charge in [0.15, 0.2) is 0 Å². The maximum Gasteiger partial charge on any atom is 0.330 e. The number of nitrogens with zero attached hydrogens (tertiary/aromatic N) is 8.